The Morgan fingerprint density at radius 2 is 2.08 bits per heavy atom. The largest absolute Gasteiger partial charge is 0.328 e. The fraction of sp³-hybridized carbons (Fsp3) is 0.600. The molecule has 0 aromatic heterocycles. The van der Waals surface area contributed by atoms with Crippen LogP contribution >= 0.6 is 0 Å². The summed E-state index contributed by atoms with van der Waals surface area (Å²) in [6.45, 7) is 2.94. The number of aliphatic imine (C=N–C) groups is 1. The molecule has 1 saturated carbocycles. The number of hydrogen-bond acceptors (Lipinski definition) is 3. The number of carbonyl (C=O) groups excluding carboxylic acids is 1. The summed E-state index contributed by atoms with van der Waals surface area (Å²) >= 11 is 0. The normalized spacial score (nSPS) is 31.6. The number of amides is 2. The Morgan fingerprint density at radius 3 is 2.81 bits per heavy atom. The Morgan fingerprint density at radius 1 is 1.27 bits per heavy atom. The summed E-state index contributed by atoms with van der Waals surface area (Å²) in [5.41, 5.74) is 0.0953. The number of carbonyl (C=O) groups is 1. The zero-order valence-electron chi connectivity index (χ0n) is 15.3. The molecule has 4 rings (SSSR count). The van der Waals surface area contributed by atoms with Gasteiger partial charge in [0.2, 0.25) is 0 Å². The lowest BCUT2D eigenvalue weighted by Gasteiger charge is -2.43. The zero-order valence-corrected chi connectivity index (χ0v) is 15.3. The molecule has 0 radical (unpaired) electrons. The van der Waals surface area contributed by atoms with Gasteiger partial charge in [-0.25, -0.2) is 9.18 Å². The quantitative estimate of drug-likeness (QED) is 0.849. The van der Waals surface area contributed by atoms with E-state index in [9.17, 15) is 9.18 Å². The van der Waals surface area contributed by atoms with Gasteiger partial charge in [0.15, 0.2) is 0 Å². The maximum atomic E-state index is 13.8. The molecule has 1 spiro atoms. The molecule has 2 N–H and O–H groups in total. The van der Waals surface area contributed by atoms with Crippen molar-refractivity contribution in [3.63, 3.8) is 0 Å². The maximum Gasteiger partial charge on any atom is 0.328 e. The Kier molecular flexibility index (Phi) is 4.69. The van der Waals surface area contributed by atoms with Crippen LogP contribution in [0.5, 0.6) is 0 Å². The van der Waals surface area contributed by atoms with Gasteiger partial charge in [0.1, 0.15) is 17.2 Å². The molecule has 140 valence electrons. The first-order chi connectivity index (χ1) is 12.6. The molecule has 0 bridgehead atoms. The maximum absolute atomic E-state index is 13.8. The van der Waals surface area contributed by atoms with Crippen LogP contribution in [-0.4, -0.2) is 36.0 Å². The summed E-state index contributed by atoms with van der Waals surface area (Å²) in [4.78, 5) is 19.7. The average molecular weight is 358 g/mol. The molecule has 6 heteroatoms. The fourth-order valence-electron chi connectivity index (χ4n) is 4.72. The highest BCUT2D eigenvalue weighted by Gasteiger charge is 2.53. The van der Waals surface area contributed by atoms with Crippen molar-refractivity contribution in [3.8, 4) is 0 Å². The Balaban J connectivity index is 1.75. The predicted octanol–water partition coefficient (Wildman–Crippen LogP) is 3.60. The van der Waals surface area contributed by atoms with Gasteiger partial charge in [-0.05, 0) is 57.4 Å². The van der Waals surface area contributed by atoms with E-state index in [0.717, 1.165) is 38.1 Å². The minimum atomic E-state index is -0.507. The SMILES string of the molecule is C[C@H]1CC2(CCN1)C(=NC1CCCCC1)NC(=O)N2c1cccc(F)c1. The first kappa shape index (κ1) is 17.5. The molecular weight excluding hydrogens is 331 g/mol. The molecule has 5 nitrogen and oxygen atoms in total. The van der Waals surface area contributed by atoms with Gasteiger partial charge in [-0.1, -0.05) is 25.3 Å². The van der Waals surface area contributed by atoms with Crippen LogP contribution < -0.4 is 15.5 Å². The van der Waals surface area contributed by atoms with E-state index in [4.69, 9.17) is 4.99 Å². The van der Waals surface area contributed by atoms with Gasteiger partial charge in [-0.2, -0.15) is 0 Å². The number of piperidine rings is 1. The van der Waals surface area contributed by atoms with E-state index in [1.165, 1.54) is 31.4 Å². The van der Waals surface area contributed by atoms with Crippen LogP contribution in [0.3, 0.4) is 0 Å². The van der Waals surface area contributed by atoms with Crippen LogP contribution in [0.15, 0.2) is 29.3 Å². The summed E-state index contributed by atoms with van der Waals surface area (Å²) in [6.07, 6.45) is 7.40. The fourth-order valence-corrected chi connectivity index (χ4v) is 4.72. The van der Waals surface area contributed by atoms with Crippen molar-refractivity contribution in [1.29, 1.82) is 0 Å². The third-order valence-electron chi connectivity index (χ3n) is 5.93. The number of rotatable bonds is 2. The molecule has 1 unspecified atom stereocenters. The lowest BCUT2D eigenvalue weighted by Crippen LogP contribution is -2.58. The summed E-state index contributed by atoms with van der Waals surface area (Å²) in [5, 5.41) is 6.50. The third kappa shape index (κ3) is 3.11. The van der Waals surface area contributed by atoms with Crippen LogP contribution in [0.4, 0.5) is 14.9 Å². The first-order valence-electron chi connectivity index (χ1n) is 9.77. The molecule has 2 aliphatic heterocycles. The van der Waals surface area contributed by atoms with Gasteiger partial charge in [0.25, 0.3) is 0 Å². The molecule has 26 heavy (non-hydrogen) atoms. The van der Waals surface area contributed by atoms with E-state index >= 15 is 0 Å². The zero-order chi connectivity index (χ0) is 18.1. The highest BCUT2D eigenvalue weighted by Crippen LogP contribution is 2.38. The van der Waals surface area contributed by atoms with Gasteiger partial charge in [0.05, 0.1) is 6.04 Å². The minimum Gasteiger partial charge on any atom is -0.314 e. The van der Waals surface area contributed by atoms with Crippen molar-refractivity contribution in [2.45, 2.75) is 69.5 Å². The second kappa shape index (κ2) is 6.99. The molecule has 2 atom stereocenters. The Labute approximate surface area is 154 Å². The van der Waals surface area contributed by atoms with Crippen LogP contribution in [0, 0.1) is 5.82 Å². The van der Waals surface area contributed by atoms with Crippen LogP contribution in [0.25, 0.3) is 0 Å². The molecular formula is C20H27FN4O. The van der Waals surface area contributed by atoms with Crippen LogP contribution in [0.2, 0.25) is 0 Å². The summed E-state index contributed by atoms with van der Waals surface area (Å²) < 4.78 is 13.8. The number of hydrogen-bond donors (Lipinski definition) is 2. The highest BCUT2D eigenvalue weighted by molar-refractivity contribution is 6.19. The second-order valence-electron chi connectivity index (χ2n) is 7.86. The molecule has 1 aromatic rings. The lowest BCUT2D eigenvalue weighted by atomic mass is 9.82. The van der Waals surface area contributed by atoms with Crippen molar-refractivity contribution in [1.82, 2.24) is 10.6 Å². The number of nitrogens with zero attached hydrogens (tertiary/aromatic N) is 2. The van der Waals surface area contributed by atoms with Crippen molar-refractivity contribution < 1.29 is 9.18 Å². The second-order valence-corrected chi connectivity index (χ2v) is 7.86. The van der Waals surface area contributed by atoms with Crippen LogP contribution in [-0.2, 0) is 0 Å². The Hall–Kier alpha value is -1.95. The Bertz CT molecular complexity index is 716. The molecule has 2 heterocycles. The van der Waals surface area contributed by atoms with E-state index in [2.05, 4.69) is 17.6 Å². The predicted molar refractivity (Wildman–Crippen MR) is 101 cm³/mol. The standard InChI is InChI=1S/C20H27FN4O/c1-14-13-20(10-11-22-14)18(23-16-7-3-2-4-8-16)24-19(26)25(20)17-9-5-6-15(21)12-17/h5-6,9,12,14,16,22H,2-4,7-8,10-11,13H2,1H3,(H,23,24,26)/t14-,20?/m0/s1. The van der Waals surface area contributed by atoms with Gasteiger partial charge in [-0.3, -0.25) is 15.2 Å². The van der Waals surface area contributed by atoms with Gasteiger partial charge in [0, 0.05) is 11.7 Å². The lowest BCUT2D eigenvalue weighted by molar-refractivity contribution is 0.246. The number of nitrogens with one attached hydrogen (secondary N) is 2. The molecule has 3 fully saturated rings. The van der Waals surface area contributed by atoms with Crippen molar-refractivity contribution in [2.75, 3.05) is 11.4 Å². The van der Waals surface area contributed by atoms with E-state index in [1.807, 2.05) is 0 Å². The van der Waals surface area contributed by atoms with E-state index in [1.54, 1.807) is 17.0 Å². The summed E-state index contributed by atoms with van der Waals surface area (Å²) in [6, 6.07) is 6.67. The molecule has 2 amide bonds. The van der Waals surface area contributed by atoms with Crippen LogP contribution in [0.1, 0.15) is 51.9 Å². The van der Waals surface area contributed by atoms with Crippen molar-refractivity contribution in [3.05, 3.63) is 30.1 Å². The van der Waals surface area contributed by atoms with E-state index in [0.29, 0.717) is 5.69 Å². The topological polar surface area (TPSA) is 56.7 Å². The molecule has 1 aliphatic carbocycles. The van der Waals surface area contributed by atoms with Crippen molar-refractivity contribution >= 4 is 17.6 Å². The number of urea groups is 1. The minimum absolute atomic E-state index is 0.195. The smallest absolute Gasteiger partial charge is 0.314 e. The molecule has 2 saturated heterocycles. The van der Waals surface area contributed by atoms with Gasteiger partial charge < -0.3 is 5.32 Å². The summed E-state index contributed by atoms with van der Waals surface area (Å²) in [7, 11) is 0. The van der Waals surface area contributed by atoms with Gasteiger partial charge >= 0.3 is 6.03 Å². The van der Waals surface area contributed by atoms with Crippen molar-refractivity contribution in [2.24, 2.45) is 4.99 Å². The first-order valence-corrected chi connectivity index (χ1v) is 9.77. The molecule has 3 aliphatic rings. The summed E-state index contributed by atoms with van der Waals surface area (Å²) in [5.74, 6) is 0.456. The van der Waals surface area contributed by atoms with Gasteiger partial charge in [-0.15, -0.1) is 0 Å². The third-order valence-corrected chi connectivity index (χ3v) is 5.93. The highest BCUT2D eigenvalue weighted by atomic mass is 19.1. The number of anilines is 1. The number of halogens is 1. The van der Waals surface area contributed by atoms with E-state index < -0.39 is 5.54 Å². The monoisotopic (exact) mass is 358 g/mol. The van der Waals surface area contributed by atoms with E-state index in [-0.39, 0.29) is 23.9 Å². The average Bonchev–Trinajstić information content (AvgIpc) is 2.86. The molecule has 1 aromatic carbocycles. The number of benzene rings is 1. The number of amidine groups is 1.